The van der Waals surface area contributed by atoms with E-state index in [-0.39, 0.29) is 11.6 Å². The van der Waals surface area contributed by atoms with Crippen molar-refractivity contribution in [2.24, 2.45) is 0 Å². The van der Waals surface area contributed by atoms with Crippen LogP contribution in [0.3, 0.4) is 0 Å². The second kappa shape index (κ2) is 4.37. The molecule has 0 N–H and O–H groups in total. The standard InChI is InChI=1S/C17H18N2O/c1-17(2)14-11-7-8-12-15(14)18(3)16(20)19(17)13-9-5-4-6-10-13/h4-12H,1-3H3. The first kappa shape index (κ1) is 12.7. The minimum atomic E-state index is -0.373. The van der Waals surface area contributed by atoms with E-state index in [1.807, 2.05) is 60.5 Å². The van der Waals surface area contributed by atoms with Crippen molar-refractivity contribution in [3.8, 4) is 0 Å². The summed E-state index contributed by atoms with van der Waals surface area (Å²) in [6, 6.07) is 17.9. The summed E-state index contributed by atoms with van der Waals surface area (Å²) >= 11 is 0. The normalized spacial score (nSPS) is 17.1. The third-order valence-corrected chi connectivity index (χ3v) is 3.98. The number of nitrogens with zero attached hydrogens (tertiary/aromatic N) is 2. The van der Waals surface area contributed by atoms with E-state index in [0.717, 1.165) is 16.9 Å². The topological polar surface area (TPSA) is 23.6 Å². The molecule has 20 heavy (non-hydrogen) atoms. The molecule has 0 aliphatic carbocycles. The van der Waals surface area contributed by atoms with Gasteiger partial charge in [0.25, 0.3) is 0 Å². The van der Waals surface area contributed by atoms with Gasteiger partial charge in [0.2, 0.25) is 0 Å². The number of benzene rings is 2. The van der Waals surface area contributed by atoms with Crippen molar-refractivity contribution >= 4 is 17.4 Å². The van der Waals surface area contributed by atoms with Gasteiger partial charge >= 0.3 is 6.03 Å². The summed E-state index contributed by atoms with van der Waals surface area (Å²) in [6.45, 7) is 4.17. The molecular formula is C17H18N2O. The predicted molar refractivity (Wildman–Crippen MR) is 82.2 cm³/mol. The van der Waals surface area contributed by atoms with Crippen LogP contribution in [0.4, 0.5) is 16.2 Å². The molecule has 0 bridgehead atoms. The molecular weight excluding hydrogens is 248 g/mol. The van der Waals surface area contributed by atoms with Crippen LogP contribution in [0.2, 0.25) is 0 Å². The lowest BCUT2D eigenvalue weighted by Crippen LogP contribution is -2.55. The van der Waals surface area contributed by atoms with E-state index < -0.39 is 0 Å². The average molecular weight is 266 g/mol. The van der Waals surface area contributed by atoms with Crippen molar-refractivity contribution in [2.75, 3.05) is 16.8 Å². The Hall–Kier alpha value is -2.29. The van der Waals surface area contributed by atoms with Gasteiger partial charge in [0.1, 0.15) is 0 Å². The largest absolute Gasteiger partial charge is 0.329 e. The number of rotatable bonds is 1. The molecule has 2 aromatic rings. The number of carbonyl (C=O) groups is 1. The van der Waals surface area contributed by atoms with Crippen LogP contribution in [0.15, 0.2) is 54.6 Å². The van der Waals surface area contributed by atoms with Crippen molar-refractivity contribution in [3.05, 3.63) is 60.2 Å². The van der Waals surface area contributed by atoms with Crippen LogP contribution >= 0.6 is 0 Å². The zero-order valence-corrected chi connectivity index (χ0v) is 12.0. The second-order valence-electron chi connectivity index (χ2n) is 5.59. The maximum Gasteiger partial charge on any atom is 0.329 e. The highest BCUT2D eigenvalue weighted by molar-refractivity contribution is 6.07. The number of carbonyl (C=O) groups excluding carboxylic acids is 1. The predicted octanol–water partition coefficient (Wildman–Crippen LogP) is 4.00. The number of amides is 2. The van der Waals surface area contributed by atoms with Gasteiger partial charge in [-0.05, 0) is 32.0 Å². The monoisotopic (exact) mass is 266 g/mol. The van der Waals surface area contributed by atoms with Crippen LogP contribution in [0.1, 0.15) is 19.4 Å². The summed E-state index contributed by atoms with van der Waals surface area (Å²) in [5, 5.41) is 0. The van der Waals surface area contributed by atoms with Crippen molar-refractivity contribution in [1.29, 1.82) is 0 Å². The number of fused-ring (bicyclic) bond motifs is 1. The smallest absolute Gasteiger partial charge is 0.297 e. The molecule has 3 rings (SSSR count). The Balaban J connectivity index is 2.21. The van der Waals surface area contributed by atoms with Gasteiger partial charge in [-0.1, -0.05) is 36.4 Å². The molecule has 0 saturated heterocycles. The van der Waals surface area contributed by atoms with Crippen LogP contribution in [0.5, 0.6) is 0 Å². The Kier molecular flexibility index (Phi) is 2.78. The molecule has 2 aromatic carbocycles. The maximum absolute atomic E-state index is 12.8. The first-order chi connectivity index (χ1) is 9.53. The van der Waals surface area contributed by atoms with Gasteiger partial charge in [-0.3, -0.25) is 9.80 Å². The lowest BCUT2D eigenvalue weighted by Gasteiger charge is -2.46. The van der Waals surface area contributed by atoms with E-state index in [9.17, 15) is 4.79 Å². The van der Waals surface area contributed by atoms with Gasteiger partial charge in [-0.2, -0.15) is 0 Å². The molecule has 0 spiro atoms. The molecule has 102 valence electrons. The number of hydrogen-bond acceptors (Lipinski definition) is 1. The molecule has 0 fully saturated rings. The number of anilines is 2. The summed E-state index contributed by atoms with van der Waals surface area (Å²) in [7, 11) is 1.83. The summed E-state index contributed by atoms with van der Waals surface area (Å²) in [5.41, 5.74) is 2.69. The Morgan fingerprint density at radius 3 is 2.20 bits per heavy atom. The summed E-state index contributed by atoms with van der Waals surface area (Å²) < 4.78 is 0. The Bertz CT molecular complexity index is 649. The summed E-state index contributed by atoms with van der Waals surface area (Å²) in [6.07, 6.45) is 0. The van der Waals surface area contributed by atoms with Crippen LogP contribution in [0.25, 0.3) is 0 Å². The van der Waals surface area contributed by atoms with Crippen molar-refractivity contribution < 1.29 is 4.79 Å². The van der Waals surface area contributed by atoms with Crippen molar-refractivity contribution in [3.63, 3.8) is 0 Å². The fraction of sp³-hybridized carbons (Fsp3) is 0.235. The van der Waals surface area contributed by atoms with Gasteiger partial charge in [-0.15, -0.1) is 0 Å². The molecule has 1 heterocycles. The third kappa shape index (κ3) is 1.70. The highest BCUT2D eigenvalue weighted by Crippen LogP contribution is 2.42. The highest BCUT2D eigenvalue weighted by Gasteiger charge is 2.42. The van der Waals surface area contributed by atoms with Crippen LogP contribution in [-0.2, 0) is 5.54 Å². The van der Waals surface area contributed by atoms with E-state index >= 15 is 0 Å². The van der Waals surface area contributed by atoms with Gasteiger partial charge < -0.3 is 0 Å². The van der Waals surface area contributed by atoms with E-state index in [4.69, 9.17) is 0 Å². The van der Waals surface area contributed by atoms with Gasteiger partial charge in [0.15, 0.2) is 0 Å². The molecule has 0 unspecified atom stereocenters. The third-order valence-electron chi connectivity index (χ3n) is 3.98. The molecule has 0 radical (unpaired) electrons. The molecule has 0 aromatic heterocycles. The first-order valence-electron chi connectivity index (χ1n) is 6.76. The van der Waals surface area contributed by atoms with E-state index in [1.165, 1.54) is 0 Å². The van der Waals surface area contributed by atoms with E-state index in [2.05, 4.69) is 19.9 Å². The number of urea groups is 1. The van der Waals surface area contributed by atoms with Crippen molar-refractivity contribution in [2.45, 2.75) is 19.4 Å². The minimum Gasteiger partial charge on any atom is -0.297 e. The molecule has 2 amide bonds. The SMILES string of the molecule is CN1C(=O)N(c2ccccc2)C(C)(C)c2ccccc21. The van der Waals surface area contributed by atoms with Crippen LogP contribution in [-0.4, -0.2) is 13.1 Å². The number of hydrogen-bond donors (Lipinski definition) is 0. The second-order valence-corrected chi connectivity index (χ2v) is 5.59. The Morgan fingerprint density at radius 2 is 1.50 bits per heavy atom. The zero-order chi connectivity index (χ0) is 14.3. The lowest BCUT2D eigenvalue weighted by atomic mass is 9.88. The molecule has 1 aliphatic heterocycles. The number of para-hydroxylation sites is 2. The van der Waals surface area contributed by atoms with Gasteiger partial charge in [0, 0.05) is 18.3 Å². The Labute approximate surface area is 119 Å². The highest BCUT2D eigenvalue weighted by atomic mass is 16.2. The van der Waals surface area contributed by atoms with Gasteiger partial charge in [0.05, 0.1) is 11.2 Å². The fourth-order valence-corrected chi connectivity index (χ4v) is 2.91. The minimum absolute atomic E-state index is 0.0000926. The first-order valence-corrected chi connectivity index (χ1v) is 6.76. The molecule has 0 saturated carbocycles. The zero-order valence-electron chi connectivity index (χ0n) is 12.0. The quantitative estimate of drug-likeness (QED) is 0.765. The lowest BCUT2D eigenvalue weighted by molar-refractivity contribution is 0.244. The van der Waals surface area contributed by atoms with E-state index in [0.29, 0.717) is 0 Å². The Morgan fingerprint density at radius 1 is 0.900 bits per heavy atom. The van der Waals surface area contributed by atoms with Gasteiger partial charge in [-0.25, -0.2) is 4.79 Å². The fourth-order valence-electron chi connectivity index (χ4n) is 2.91. The van der Waals surface area contributed by atoms with Crippen LogP contribution < -0.4 is 9.80 Å². The van der Waals surface area contributed by atoms with Crippen molar-refractivity contribution in [1.82, 2.24) is 0 Å². The molecule has 1 aliphatic rings. The van der Waals surface area contributed by atoms with E-state index in [1.54, 1.807) is 4.90 Å². The maximum atomic E-state index is 12.8. The van der Waals surface area contributed by atoms with Crippen LogP contribution in [0, 0.1) is 0 Å². The summed E-state index contributed by atoms with van der Waals surface area (Å²) in [5.74, 6) is 0. The molecule has 3 nitrogen and oxygen atoms in total. The summed E-state index contributed by atoms with van der Waals surface area (Å²) in [4.78, 5) is 16.3. The molecule has 3 heteroatoms. The molecule has 0 atom stereocenters. The average Bonchev–Trinajstić information content (AvgIpc) is 2.46.